The fourth-order valence-corrected chi connectivity index (χ4v) is 5.38. The molecule has 3 heteroatoms. The van der Waals surface area contributed by atoms with E-state index in [0.29, 0.717) is 16.8 Å². The highest BCUT2D eigenvalue weighted by atomic mass is 16.1. The van der Waals surface area contributed by atoms with Gasteiger partial charge in [0, 0.05) is 17.0 Å². The van der Waals surface area contributed by atoms with Gasteiger partial charge in [-0.3, -0.25) is 9.59 Å². The van der Waals surface area contributed by atoms with E-state index in [0.717, 1.165) is 16.7 Å². The Morgan fingerprint density at radius 1 is 0.684 bits per heavy atom. The molecule has 0 saturated heterocycles. The van der Waals surface area contributed by atoms with E-state index in [4.69, 9.17) is 0 Å². The Morgan fingerprint density at radius 2 is 1.29 bits per heavy atom. The van der Waals surface area contributed by atoms with Gasteiger partial charge < -0.3 is 5.32 Å². The first-order chi connectivity index (χ1) is 18.6. The van der Waals surface area contributed by atoms with Crippen LogP contribution in [0.5, 0.6) is 0 Å². The van der Waals surface area contributed by atoms with E-state index >= 15 is 0 Å². The SMILES string of the molecule is Cc1ccc(CC(=O)Nc2ccc(C3c4ccccc4-c4ccccc43)cc2C(=O)c2ccccc2)cc1. The Labute approximate surface area is 222 Å². The summed E-state index contributed by atoms with van der Waals surface area (Å²) in [7, 11) is 0. The second-order valence-electron chi connectivity index (χ2n) is 9.82. The number of carbonyl (C=O) groups excluding carboxylic acids is 2. The number of benzene rings is 5. The van der Waals surface area contributed by atoms with E-state index < -0.39 is 0 Å². The minimum atomic E-state index is -0.153. The van der Waals surface area contributed by atoms with Gasteiger partial charge in [-0.05, 0) is 52.4 Å². The molecule has 5 aromatic carbocycles. The quantitative estimate of drug-likeness (QED) is 0.243. The van der Waals surface area contributed by atoms with Crippen molar-refractivity contribution >= 4 is 17.4 Å². The van der Waals surface area contributed by atoms with Crippen LogP contribution in [-0.4, -0.2) is 11.7 Å². The number of ketones is 1. The lowest BCUT2D eigenvalue weighted by Gasteiger charge is -2.18. The van der Waals surface area contributed by atoms with Crippen LogP contribution in [0.3, 0.4) is 0 Å². The zero-order valence-electron chi connectivity index (χ0n) is 21.1. The average molecular weight is 494 g/mol. The molecule has 184 valence electrons. The minimum absolute atomic E-state index is 0.0158. The number of amides is 1. The normalized spacial score (nSPS) is 12.0. The molecule has 0 unspecified atom stereocenters. The Hall–Kier alpha value is -4.76. The molecule has 0 fully saturated rings. The van der Waals surface area contributed by atoms with Crippen LogP contribution in [0, 0.1) is 6.92 Å². The van der Waals surface area contributed by atoms with Crippen molar-refractivity contribution in [2.75, 3.05) is 5.32 Å². The van der Waals surface area contributed by atoms with Crippen LogP contribution in [0.2, 0.25) is 0 Å². The van der Waals surface area contributed by atoms with Crippen LogP contribution < -0.4 is 5.32 Å². The van der Waals surface area contributed by atoms with Crippen molar-refractivity contribution in [1.29, 1.82) is 0 Å². The van der Waals surface area contributed by atoms with E-state index in [1.807, 2.05) is 79.7 Å². The number of anilines is 1. The highest BCUT2D eigenvalue weighted by Gasteiger charge is 2.30. The number of hydrogen-bond donors (Lipinski definition) is 1. The third-order valence-corrected chi connectivity index (χ3v) is 7.25. The standard InChI is InChI=1S/C35H27NO2/c1-23-15-17-24(18-16-23)21-33(37)36-32-20-19-26(22-31(32)35(38)25-9-3-2-4-10-25)34-29-13-7-5-11-27(29)28-12-6-8-14-30(28)34/h2-20,22,34H,21H2,1H3,(H,36,37). The molecule has 0 saturated carbocycles. The largest absolute Gasteiger partial charge is 0.325 e. The molecule has 0 heterocycles. The van der Waals surface area contributed by atoms with Crippen molar-refractivity contribution in [2.24, 2.45) is 0 Å². The molecule has 1 N–H and O–H groups in total. The third kappa shape index (κ3) is 4.44. The van der Waals surface area contributed by atoms with Gasteiger partial charge >= 0.3 is 0 Å². The maximum atomic E-state index is 13.8. The molecular formula is C35H27NO2. The maximum absolute atomic E-state index is 13.8. The first kappa shape index (κ1) is 23.6. The van der Waals surface area contributed by atoms with Crippen LogP contribution >= 0.6 is 0 Å². The molecule has 0 bridgehead atoms. The summed E-state index contributed by atoms with van der Waals surface area (Å²) < 4.78 is 0. The van der Waals surface area contributed by atoms with Gasteiger partial charge in [-0.2, -0.15) is 0 Å². The topological polar surface area (TPSA) is 46.2 Å². The van der Waals surface area contributed by atoms with Gasteiger partial charge in [0.25, 0.3) is 0 Å². The van der Waals surface area contributed by atoms with Gasteiger partial charge in [0.05, 0.1) is 12.1 Å². The maximum Gasteiger partial charge on any atom is 0.228 e. The molecule has 3 nitrogen and oxygen atoms in total. The summed E-state index contributed by atoms with van der Waals surface area (Å²) in [6.45, 7) is 2.02. The minimum Gasteiger partial charge on any atom is -0.325 e. The van der Waals surface area contributed by atoms with Gasteiger partial charge in [-0.15, -0.1) is 0 Å². The van der Waals surface area contributed by atoms with Crippen molar-refractivity contribution in [3.63, 3.8) is 0 Å². The lowest BCUT2D eigenvalue weighted by molar-refractivity contribution is -0.115. The third-order valence-electron chi connectivity index (χ3n) is 7.25. The second-order valence-corrected chi connectivity index (χ2v) is 9.82. The van der Waals surface area contributed by atoms with Crippen molar-refractivity contribution in [1.82, 2.24) is 0 Å². The van der Waals surface area contributed by atoms with Gasteiger partial charge in [0.1, 0.15) is 0 Å². The highest BCUT2D eigenvalue weighted by Crippen LogP contribution is 2.48. The number of nitrogens with one attached hydrogen (secondary N) is 1. The summed E-state index contributed by atoms with van der Waals surface area (Å²) >= 11 is 0. The van der Waals surface area contributed by atoms with E-state index in [2.05, 4.69) is 53.8 Å². The van der Waals surface area contributed by atoms with Gasteiger partial charge in [0.2, 0.25) is 5.91 Å². The van der Waals surface area contributed by atoms with Crippen molar-refractivity contribution in [3.8, 4) is 11.1 Å². The molecule has 1 aliphatic rings. The fraction of sp³-hybridized carbons (Fsp3) is 0.0857. The molecule has 0 atom stereocenters. The number of aryl methyl sites for hydroxylation is 1. The highest BCUT2D eigenvalue weighted by molar-refractivity contribution is 6.14. The van der Waals surface area contributed by atoms with Crippen LogP contribution in [0.4, 0.5) is 5.69 Å². The van der Waals surface area contributed by atoms with Gasteiger partial charge in [-0.25, -0.2) is 0 Å². The monoisotopic (exact) mass is 493 g/mol. The van der Waals surface area contributed by atoms with Gasteiger partial charge in [0.15, 0.2) is 5.78 Å². The van der Waals surface area contributed by atoms with Crippen LogP contribution in [0.25, 0.3) is 11.1 Å². The Bertz CT molecular complexity index is 1610. The predicted molar refractivity (Wildman–Crippen MR) is 153 cm³/mol. The molecular weight excluding hydrogens is 466 g/mol. The number of rotatable bonds is 6. The zero-order chi connectivity index (χ0) is 26.1. The smallest absolute Gasteiger partial charge is 0.228 e. The second kappa shape index (κ2) is 9.95. The summed E-state index contributed by atoms with van der Waals surface area (Å²) in [6.07, 6.45) is 0.240. The summed E-state index contributed by atoms with van der Waals surface area (Å²) in [4.78, 5) is 26.8. The van der Waals surface area contributed by atoms with Gasteiger partial charge in [-0.1, -0.05) is 115 Å². The van der Waals surface area contributed by atoms with E-state index in [-0.39, 0.29) is 24.0 Å². The predicted octanol–water partition coefficient (Wildman–Crippen LogP) is 7.57. The fourth-order valence-electron chi connectivity index (χ4n) is 5.38. The average Bonchev–Trinajstić information content (AvgIpc) is 3.29. The number of hydrogen-bond acceptors (Lipinski definition) is 2. The molecule has 0 aromatic heterocycles. The first-order valence-electron chi connectivity index (χ1n) is 12.9. The Morgan fingerprint density at radius 3 is 1.95 bits per heavy atom. The molecule has 38 heavy (non-hydrogen) atoms. The molecule has 0 radical (unpaired) electrons. The summed E-state index contributed by atoms with van der Waals surface area (Å²) in [6, 6.07) is 39.9. The summed E-state index contributed by atoms with van der Waals surface area (Å²) in [5.74, 6) is -0.250. The lowest BCUT2D eigenvalue weighted by Crippen LogP contribution is -2.17. The molecule has 5 aromatic rings. The molecule has 0 aliphatic heterocycles. The molecule has 6 rings (SSSR count). The molecule has 0 spiro atoms. The van der Waals surface area contributed by atoms with E-state index in [1.165, 1.54) is 22.3 Å². The Kier molecular flexibility index (Phi) is 6.19. The Balaban J connectivity index is 1.41. The zero-order valence-corrected chi connectivity index (χ0v) is 21.1. The van der Waals surface area contributed by atoms with E-state index in [9.17, 15) is 9.59 Å². The lowest BCUT2D eigenvalue weighted by atomic mass is 9.87. The van der Waals surface area contributed by atoms with Crippen molar-refractivity contribution < 1.29 is 9.59 Å². The molecule has 1 aliphatic carbocycles. The first-order valence-corrected chi connectivity index (χ1v) is 12.9. The van der Waals surface area contributed by atoms with Crippen LogP contribution in [-0.2, 0) is 11.2 Å². The van der Waals surface area contributed by atoms with Crippen molar-refractivity contribution in [2.45, 2.75) is 19.3 Å². The summed E-state index contributed by atoms with van der Waals surface area (Å²) in [5, 5.41) is 3.02. The summed E-state index contributed by atoms with van der Waals surface area (Å²) in [5.41, 5.74) is 9.61. The number of fused-ring (bicyclic) bond motifs is 3. The molecule has 1 amide bonds. The van der Waals surface area contributed by atoms with E-state index in [1.54, 1.807) is 0 Å². The number of carbonyl (C=O) groups is 2. The van der Waals surface area contributed by atoms with Crippen LogP contribution in [0.15, 0.2) is 121 Å². The van der Waals surface area contributed by atoms with Crippen LogP contribution in [0.1, 0.15) is 49.7 Å². The van der Waals surface area contributed by atoms with Crippen molar-refractivity contribution in [3.05, 3.63) is 160 Å².